The zero-order chi connectivity index (χ0) is 45.3. The molecule has 340 valence electrons. The predicted molar refractivity (Wildman–Crippen MR) is 247 cm³/mol. The number of hydrogen-bond acceptors (Lipinski definition) is 10. The summed E-state index contributed by atoms with van der Waals surface area (Å²) in [4.78, 5) is 35.8. The molecule has 1 fully saturated rings. The van der Waals surface area contributed by atoms with Crippen LogP contribution >= 0.6 is 0 Å². The van der Waals surface area contributed by atoms with Gasteiger partial charge in [0.25, 0.3) is 0 Å². The van der Waals surface area contributed by atoms with Crippen molar-refractivity contribution in [2.45, 2.75) is 102 Å². The molecule has 0 spiro atoms. The number of oxime groups is 1. The molecule has 64 heavy (non-hydrogen) atoms. The summed E-state index contributed by atoms with van der Waals surface area (Å²) in [6, 6.07) is 28.4. The Bertz CT molecular complexity index is 2300. The lowest BCUT2D eigenvalue weighted by molar-refractivity contribution is -0.256. The van der Waals surface area contributed by atoms with Gasteiger partial charge in [-0.05, 0) is 104 Å². The fraction of sp³-hybridized carbons (Fsp3) is 0.442. The topological polar surface area (TPSA) is 148 Å². The van der Waals surface area contributed by atoms with Crippen molar-refractivity contribution < 1.29 is 43.6 Å². The number of ether oxygens (including phenoxy) is 4. The van der Waals surface area contributed by atoms with Gasteiger partial charge in [-0.2, -0.15) is 0 Å². The minimum absolute atomic E-state index is 0.0204. The molecule has 0 saturated heterocycles. The van der Waals surface area contributed by atoms with Crippen molar-refractivity contribution in [1.82, 2.24) is 10.2 Å². The van der Waals surface area contributed by atoms with E-state index in [1.165, 1.54) is 7.11 Å². The Morgan fingerprint density at radius 2 is 1.69 bits per heavy atom. The fourth-order valence-corrected chi connectivity index (χ4v) is 9.85. The summed E-state index contributed by atoms with van der Waals surface area (Å²) in [6.45, 7) is 10.6. The van der Waals surface area contributed by atoms with Gasteiger partial charge in [0.2, 0.25) is 5.79 Å². The van der Waals surface area contributed by atoms with Crippen LogP contribution in [0, 0.1) is 17.8 Å². The molecule has 4 aromatic rings. The van der Waals surface area contributed by atoms with E-state index in [4.69, 9.17) is 28.9 Å². The Hall–Kier alpha value is -5.69. The number of carbonyl (C=O) groups excluding carboxylic acids is 2. The summed E-state index contributed by atoms with van der Waals surface area (Å²) in [6.07, 6.45) is 7.40. The van der Waals surface area contributed by atoms with Gasteiger partial charge in [-0.1, -0.05) is 103 Å². The molecule has 3 N–H and O–H groups in total. The minimum atomic E-state index is -1.50. The summed E-state index contributed by atoms with van der Waals surface area (Å²) in [5, 5.41) is 29.8. The highest BCUT2D eigenvalue weighted by Gasteiger charge is 2.65. The highest BCUT2D eigenvalue weighted by Crippen LogP contribution is 2.62. The number of benzene rings is 4. The van der Waals surface area contributed by atoms with Crippen molar-refractivity contribution >= 4 is 28.7 Å². The van der Waals surface area contributed by atoms with Gasteiger partial charge >= 0.3 is 12.2 Å². The summed E-state index contributed by atoms with van der Waals surface area (Å²) >= 11 is 0. The first-order valence-electron chi connectivity index (χ1n) is 22.6. The monoisotopic (exact) mass is 873 g/mol. The summed E-state index contributed by atoms with van der Waals surface area (Å²) < 4.78 is 26.1. The normalized spacial score (nSPS) is 22.9. The van der Waals surface area contributed by atoms with Crippen molar-refractivity contribution in [3.8, 4) is 11.5 Å². The van der Waals surface area contributed by atoms with Gasteiger partial charge < -0.3 is 39.3 Å². The third kappa shape index (κ3) is 10.3. The highest BCUT2D eigenvalue weighted by molar-refractivity contribution is 6.03. The number of carbonyl (C=O) groups is 2. The largest absolute Gasteiger partial charge is 0.459 e. The van der Waals surface area contributed by atoms with E-state index >= 15 is 0 Å². The molecule has 0 radical (unpaired) electrons. The molecule has 1 heterocycles. The number of unbranched alkanes of at least 4 members (excludes halogenated alkanes) is 2. The Morgan fingerprint density at radius 1 is 0.953 bits per heavy atom. The van der Waals surface area contributed by atoms with Gasteiger partial charge in [0.05, 0.1) is 31.9 Å². The number of methoxy groups -OCH3 is 1. The second-order valence-corrected chi connectivity index (χ2v) is 17.9. The number of aliphatic hydroxyl groups is 2. The number of hydrogen-bond donors (Lipinski definition) is 3. The van der Waals surface area contributed by atoms with Gasteiger partial charge in [0.1, 0.15) is 23.1 Å². The molecule has 12 heteroatoms. The number of allylic oxidation sites excluding steroid dienone is 1. The lowest BCUT2D eigenvalue weighted by Crippen LogP contribution is -2.70. The van der Waals surface area contributed by atoms with Crippen LogP contribution in [0.3, 0.4) is 0 Å². The maximum Gasteiger partial charge on any atom is 0.412 e. The van der Waals surface area contributed by atoms with Gasteiger partial charge in [0, 0.05) is 37.7 Å². The molecule has 1 aliphatic heterocycles. The second kappa shape index (κ2) is 20.9. The average molecular weight is 874 g/mol. The Labute approximate surface area is 376 Å². The first kappa shape index (κ1) is 46.3. The summed E-state index contributed by atoms with van der Waals surface area (Å²) in [5.74, 6) is -1.50. The van der Waals surface area contributed by atoms with E-state index in [-0.39, 0.29) is 50.5 Å². The molecule has 12 nitrogen and oxygen atoms in total. The van der Waals surface area contributed by atoms with Crippen LogP contribution in [0.15, 0.2) is 120 Å². The molecular weight excluding hydrogens is 811 g/mol. The van der Waals surface area contributed by atoms with Crippen LogP contribution in [-0.2, 0) is 27.4 Å². The van der Waals surface area contributed by atoms with E-state index in [0.717, 1.165) is 58.7 Å². The third-order valence-electron chi connectivity index (χ3n) is 12.6. The molecule has 3 aliphatic rings. The van der Waals surface area contributed by atoms with Crippen LogP contribution in [-0.4, -0.2) is 77.4 Å². The van der Waals surface area contributed by atoms with E-state index in [1.54, 1.807) is 17.0 Å². The van der Waals surface area contributed by atoms with Crippen molar-refractivity contribution in [1.29, 1.82) is 0 Å². The van der Waals surface area contributed by atoms with Crippen LogP contribution in [0.1, 0.15) is 88.3 Å². The smallest absolute Gasteiger partial charge is 0.412 e. The minimum Gasteiger partial charge on any atom is -0.459 e. The zero-order valence-corrected chi connectivity index (χ0v) is 37.5. The number of fused-ring (bicyclic) bond motifs is 3. The SMILES string of the molecule is C=CCO[C@@]12Oc3ccc(OC(=O)NCc4ccccc4)cc3[C@H]3[C@H](CCCCO)[C@@H](CCCCO)C=C(C(=NOC(C)(C)C)C[C@@H]1N(Cc1cccc4ccccc14)C(=O)OC)[C@H]32. The summed E-state index contributed by atoms with van der Waals surface area (Å²) in [5.41, 5.74) is 3.62. The van der Waals surface area contributed by atoms with Crippen molar-refractivity contribution in [3.63, 3.8) is 0 Å². The average Bonchev–Trinajstić information content (AvgIpc) is 3.30. The molecular formula is C52H63N3O9. The van der Waals surface area contributed by atoms with Crippen LogP contribution in [0.4, 0.5) is 9.59 Å². The van der Waals surface area contributed by atoms with Crippen LogP contribution in [0.5, 0.6) is 11.5 Å². The number of rotatable bonds is 18. The second-order valence-electron chi connectivity index (χ2n) is 17.9. The molecule has 4 aromatic carbocycles. The highest BCUT2D eigenvalue weighted by atomic mass is 16.7. The fourth-order valence-electron chi connectivity index (χ4n) is 9.85. The van der Waals surface area contributed by atoms with Gasteiger partial charge in [-0.25, -0.2) is 9.59 Å². The number of amides is 2. The van der Waals surface area contributed by atoms with E-state index in [1.807, 2.05) is 87.5 Å². The first-order chi connectivity index (χ1) is 31.0. The molecule has 0 bridgehead atoms. The standard InChI is InChI=1S/C52H63N3O9/c1-6-29-61-52-46(55(50(59)60-5)34-38-22-16-21-36-19-10-11-23-40(36)38)32-44(54-64-51(2,3)4)42-30-37(20-12-14-27-56)41(24-13-15-28-57)47(48(42)52)43-31-39(25-26-45(43)63-52)62-49(58)53-33-35-17-8-7-9-18-35/h6-11,16-19,21-23,25-26,30-31,37,41,46-48,56-57H,1,12-15,20,24,27-29,32-34H2,2-5H3,(H,53,58)/t37-,41+,46-,47+,48+,52+/m0/s1. The maximum atomic E-state index is 14.5. The molecule has 2 aliphatic carbocycles. The van der Waals surface area contributed by atoms with E-state index in [2.05, 4.69) is 36.2 Å². The molecule has 6 atom stereocenters. The van der Waals surface area contributed by atoms with Crippen LogP contribution in [0.25, 0.3) is 10.8 Å². The van der Waals surface area contributed by atoms with Gasteiger partial charge in [0.15, 0.2) is 0 Å². The van der Waals surface area contributed by atoms with E-state index in [0.29, 0.717) is 36.6 Å². The zero-order valence-electron chi connectivity index (χ0n) is 37.5. The Kier molecular flexibility index (Phi) is 15.1. The Morgan fingerprint density at radius 3 is 2.42 bits per heavy atom. The maximum absolute atomic E-state index is 14.5. The van der Waals surface area contributed by atoms with Crippen molar-refractivity contribution in [2.75, 3.05) is 26.9 Å². The lowest BCUT2D eigenvalue weighted by Gasteiger charge is -2.60. The number of nitrogens with zero attached hydrogens (tertiary/aromatic N) is 2. The van der Waals surface area contributed by atoms with Crippen LogP contribution < -0.4 is 14.8 Å². The third-order valence-corrected chi connectivity index (χ3v) is 12.6. The predicted octanol–water partition coefficient (Wildman–Crippen LogP) is 9.83. The molecule has 2 amide bonds. The summed E-state index contributed by atoms with van der Waals surface area (Å²) in [7, 11) is 1.38. The van der Waals surface area contributed by atoms with E-state index in [9.17, 15) is 19.8 Å². The van der Waals surface area contributed by atoms with Crippen molar-refractivity contribution in [3.05, 3.63) is 132 Å². The first-order valence-corrected chi connectivity index (χ1v) is 22.6. The van der Waals surface area contributed by atoms with Gasteiger partial charge in [-0.3, -0.25) is 4.90 Å². The van der Waals surface area contributed by atoms with E-state index < -0.39 is 35.5 Å². The quantitative estimate of drug-likeness (QED) is 0.0505. The Balaban J connectivity index is 1.42. The molecule has 1 saturated carbocycles. The number of aliphatic hydroxyl groups excluding tert-OH is 2. The molecule has 7 rings (SSSR count). The molecule has 0 aromatic heterocycles. The van der Waals surface area contributed by atoms with Crippen molar-refractivity contribution in [2.24, 2.45) is 22.9 Å². The van der Waals surface area contributed by atoms with Crippen LogP contribution in [0.2, 0.25) is 0 Å². The lowest BCUT2D eigenvalue weighted by atomic mass is 9.55. The van der Waals surface area contributed by atoms with Gasteiger partial charge in [-0.15, -0.1) is 6.58 Å². The number of nitrogens with one attached hydrogen (secondary N) is 1. The molecule has 0 unspecified atom stereocenters.